The smallest absolute Gasteiger partial charge is 0.0233 e. The van der Waals surface area contributed by atoms with Gasteiger partial charge in [-0.25, -0.2) is 0 Å². The Kier molecular flexibility index (Phi) is 9.19. The molecule has 0 radical (unpaired) electrons. The van der Waals surface area contributed by atoms with Gasteiger partial charge < -0.3 is 5.32 Å². The molecule has 2 nitrogen and oxygen atoms in total. The molecule has 3 rings (SSSR count). The first-order valence-electron chi connectivity index (χ1n) is 10.3. The molecule has 0 amide bonds. The normalized spacial score (nSPS) is 14.8. The maximum absolute atomic E-state index is 4.25. The van der Waals surface area contributed by atoms with Crippen LogP contribution in [0.25, 0.3) is 11.6 Å². The van der Waals surface area contributed by atoms with Crippen molar-refractivity contribution < 1.29 is 0 Å². The fourth-order valence-corrected chi connectivity index (χ4v) is 3.60. The van der Waals surface area contributed by atoms with Crippen LogP contribution in [-0.4, -0.2) is 38.1 Å². The summed E-state index contributed by atoms with van der Waals surface area (Å²) in [7, 11) is 2.05. The van der Waals surface area contributed by atoms with E-state index < -0.39 is 0 Å². The SMILES string of the molecule is C=C(CN1CCC(CNC)CC1)c1ccc(C)cc1.C=Cc1ccccc1C. The largest absolute Gasteiger partial charge is 0.319 e. The summed E-state index contributed by atoms with van der Waals surface area (Å²) in [6, 6.07) is 16.9. The van der Waals surface area contributed by atoms with Gasteiger partial charge in [0.05, 0.1) is 0 Å². The molecule has 0 saturated carbocycles. The summed E-state index contributed by atoms with van der Waals surface area (Å²) in [5, 5.41) is 3.29. The van der Waals surface area contributed by atoms with Gasteiger partial charge in [0, 0.05) is 6.54 Å². The molecule has 2 aromatic carbocycles. The Morgan fingerprint density at radius 3 is 2.25 bits per heavy atom. The van der Waals surface area contributed by atoms with Gasteiger partial charge in [-0.1, -0.05) is 73.3 Å². The minimum Gasteiger partial charge on any atom is -0.319 e. The standard InChI is InChI=1S/C17H26N2.C9H10/c1-14-4-6-17(7-5-14)15(2)13-19-10-8-16(9-11-19)12-18-3;1-3-9-7-5-4-6-8(9)2/h4-7,16,18H,2,8-13H2,1,3H3;3-7H,1H2,2H3. The molecule has 2 heteroatoms. The monoisotopic (exact) mass is 376 g/mol. The van der Waals surface area contributed by atoms with E-state index in [2.05, 4.69) is 73.6 Å². The highest BCUT2D eigenvalue weighted by atomic mass is 15.1. The zero-order valence-corrected chi connectivity index (χ0v) is 17.9. The average molecular weight is 377 g/mol. The zero-order chi connectivity index (χ0) is 20.4. The number of rotatable bonds is 6. The Labute approximate surface area is 172 Å². The second-order valence-electron chi connectivity index (χ2n) is 7.81. The molecule has 1 heterocycles. The van der Waals surface area contributed by atoms with Crippen LogP contribution in [0.2, 0.25) is 0 Å². The van der Waals surface area contributed by atoms with E-state index in [1.54, 1.807) is 0 Å². The van der Waals surface area contributed by atoms with Crippen molar-refractivity contribution in [3.8, 4) is 0 Å². The molecule has 0 unspecified atom stereocenters. The maximum atomic E-state index is 4.25. The minimum atomic E-state index is 0.855. The highest BCUT2D eigenvalue weighted by molar-refractivity contribution is 5.64. The second kappa shape index (κ2) is 11.6. The minimum absolute atomic E-state index is 0.855. The Hall–Kier alpha value is -2.16. The molecular formula is C26H36N2. The predicted octanol–water partition coefficient (Wildman–Crippen LogP) is 5.58. The first kappa shape index (κ1) is 22.1. The molecule has 0 atom stereocenters. The summed E-state index contributed by atoms with van der Waals surface area (Å²) < 4.78 is 0. The van der Waals surface area contributed by atoms with Gasteiger partial charge in [-0.05, 0) is 81.6 Å². The summed E-state index contributed by atoms with van der Waals surface area (Å²) in [6.45, 7) is 16.7. The predicted molar refractivity (Wildman–Crippen MR) is 125 cm³/mol. The van der Waals surface area contributed by atoms with E-state index >= 15 is 0 Å². The molecule has 2 aromatic rings. The summed E-state index contributed by atoms with van der Waals surface area (Å²) in [5.74, 6) is 0.855. The van der Waals surface area contributed by atoms with Gasteiger partial charge in [0.25, 0.3) is 0 Å². The average Bonchev–Trinajstić information content (AvgIpc) is 2.71. The Morgan fingerprint density at radius 2 is 1.71 bits per heavy atom. The van der Waals surface area contributed by atoms with Gasteiger partial charge in [-0.15, -0.1) is 0 Å². The van der Waals surface area contributed by atoms with E-state index in [1.165, 1.54) is 53.8 Å². The third kappa shape index (κ3) is 7.10. The van der Waals surface area contributed by atoms with Crippen molar-refractivity contribution in [1.82, 2.24) is 10.2 Å². The van der Waals surface area contributed by atoms with Gasteiger partial charge in [-0.2, -0.15) is 0 Å². The molecular weight excluding hydrogens is 340 g/mol. The van der Waals surface area contributed by atoms with Crippen LogP contribution in [0.15, 0.2) is 61.7 Å². The molecule has 0 aliphatic carbocycles. The first-order valence-corrected chi connectivity index (χ1v) is 10.3. The highest BCUT2D eigenvalue weighted by Gasteiger charge is 2.18. The molecule has 1 aliphatic rings. The van der Waals surface area contributed by atoms with E-state index in [9.17, 15) is 0 Å². The number of nitrogens with one attached hydrogen (secondary N) is 1. The van der Waals surface area contributed by atoms with Crippen LogP contribution in [0, 0.1) is 19.8 Å². The van der Waals surface area contributed by atoms with E-state index in [0.29, 0.717) is 0 Å². The number of piperidine rings is 1. The Morgan fingerprint density at radius 1 is 1.07 bits per heavy atom. The molecule has 1 saturated heterocycles. The molecule has 1 aliphatic heterocycles. The van der Waals surface area contributed by atoms with Crippen LogP contribution in [0.3, 0.4) is 0 Å². The quantitative estimate of drug-likeness (QED) is 0.708. The van der Waals surface area contributed by atoms with E-state index in [0.717, 1.165) is 19.0 Å². The number of aryl methyl sites for hydroxylation is 2. The number of hydrogen-bond donors (Lipinski definition) is 1. The summed E-state index contributed by atoms with van der Waals surface area (Å²) in [4.78, 5) is 2.54. The van der Waals surface area contributed by atoms with Crippen molar-refractivity contribution in [1.29, 1.82) is 0 Å². The molecule has 28 heavy (non-hydrogen) atoms. The number of benzene rings is 2. The van der Waals surface area contributed by atoms with Crippen molar-refractivity contribution in [2.75, 3.05) is 33.2 Å². The number of likely N-dealkylation sites (tertiary alicyclic amines) is 1. The summed E-state index contributed by atoms with van der Waals surface area (Å²) in [6.07, 6.45) is 4.49. The van der Waals surface area contributed by atoms with Crippen LogP contribution in [-0.2, 0) is 0 Å². The van der Waals surface area contributed by atoms with Gasteiger partial charge in [0.2, 0.25) is 0 Å². The number of nitrogens with zero attached hydrogens (tertiary/aromatic N) is 1. The van der Waals surface area contributed by atoms with Crippen molar-refractivity contribution in [2.24, 2.45) is 5.92 Å². The van der Waals surface area contributed by atoms with E-state index in [1.807, 2.05) is 25.3 Å². The Bertz CT molecular complexity index is 737. The van der Waals surface area contributed by atoms with E-state index in [-0.39, 0.29) is 0 Å². The highest BCUT2D eigenvalue weighted by Crippen LogP contribution is 2.20. The lowest BCUT2D eigenvalue weighted by atomic mass is 9.96. The van der Waals surface area contributed by atoms with Crippen LogP contribution in [0.1, 0.15) is 35.1 Å². The van der Waals surface area contributed by atoms with Crippen LogP contribution in [0.4, 0.5) is 0 Å². The second-order valence-corrected chi connectivity index (χ2v) is 7.81. The van der Waals surface area contributed by atoms with Gasteiger partial charge in [0.1, 0.15) is 0 Å². The van der Waals surface area contributed by atoms with Crippen LogP contribution < -0.4 is 5.32 Å². The van der Waals surface area contributed by atoms with Crippen molar-refractivity contribution in [3.63, 3.8) is 0 Å². The molecule has 0 aromatic heterocycles. The number of hydrogen-bond acceptors (Lipinski definition) is 2. The topological polar surface area (TPSA) is 15.3 Å². The first-order chi connectivity index (χ1) is 13.5. The fourth-order valence-electron chi connectivity index (χ4n) is 3.60. The molecule has 0 spiro atoms. The van der Waals surface area contributed by atoms with Crippen LogP contribution >= 0.6 is 0 Å². The fraction of sp³-hybridized carbons (Fsp3) is 0.385. The third-order valence-corrected chi connectivity index (χ3v) is 5.48. The van der Waals surface area contributed by atoms with Crippen molar-refractivity contribution >= 4 is 11.6 Å². The maximum Gasteiger partial charge on any atom is 0.0233 e. The zero-order valence-electron chi connectivity index (χ0n) is 17.9. The summed E-state index contributed by atoms with van der Waals surface area (Å²) >= 11 is 0. The van der Waals surface area contributed by atoms with Gasteiger partial charge >= 0.3 is 0 Å². The third-order valence-electron chi connectivity index (χ3n) is 5.48. The van der Waals surface area contributed by atoms with Crippen molar-refractivity contribution in [2.45, 2.75) is 26.7 Å². The lowest BCUT2D eigenvalue weighted by molar-refractivity contribution is 0.202. The molecule has 1 N–H and O–H groups in total. The lowest BCUT2D eigenvalue weighted by Gasteiger charge is -2.32. The van der Waals surface area contributed by atoms with Gasteiger partial charge in [-0.3, -0.25) is 4.90 Å². The van der Waals surface area contributed by atoms with E-state index in [4.69, 9.17) is 0 Å². The molecule has 1 fully saturated rings. The van der Waals surface area contributed by atoms with Crippen molar-refractivity contribution in [3.05, 3.63) is 83.9 Å². The van der Waals surface area contributed by atoms with Gasteiger partial charge in [0.15, 0.2) is 0 Å². The lowest BCUT2D eigenvalue weighted by Crippen LogP contribution is -2.37. The summed E-state index contributed by atoms with van der Waals surface area (Å²) in [5.41, 5.74) is 6.34. The molecule has 150 valence electrons. The Balaban J connectivity index is 0.000000261. The van der Waals surface area contributed by atoms with Crippen LogP contribution in [0.5, 0.6) is 0 Å². The molecule has 0 bridgehead atoms.